The van der Waals surface area contributed by atoms with Crippen molar-refractivity contribution in [2.24, 2.45) is 5.73 Å². The smallest absolute Gasteiger partial charge is 0.250 e. The van der Waals surface area contributed by atoms with E-state index in [0.29, 0.717) is 5.56 Å². The first kappa shape index (κ1) is 14.8. The molecule has 1 saturated carbocycles. The van der Waals surface area contributed by atoms with Gasteiger partial charge in [0.05, 0.1) is 11.3 Å². The Bertz CT molecular complexity index is 645. The summed E-state index contributed by atoms with van der Waals surface area (Å²) in [6, 6.07) is 14.2. The molecule has 0 saturated heterocycles. The van der Waals surface area contributed by atoms with Crippen LogP contribution in [0.5, 0.6) is 0 Å². The van der Waals surface area contributed by atoms with Crippen LogP contribution in [0.1, 0.15) is 53.7 Å². The Labute approximate surface area is 131 Å². The monoisotopic (exact) mass is 294 g/mol. The molecule has 114 valence electrons. The van der Waals surface area contributed by atoms with Gasteiger partial charge < -0.3 is 5.73 Å². The van der Waals surface area contributed by atoms with Gasteiger partial charge in [-0.15, -0.1) is 0 Å². The minimum Gasteiger partial charge on any atom is -0.366 e. The molecule has 22 heavy (non-hydrogen) atoms. The molecule has 1 aliphatic carbocycles. The van der Waals surface area contributed by atoms with Crippen LogP contribution in [0.4, 0.5) is 0 Å². The molecule has 3 heteroatoms. The third-order valence-corrected chi connectivity index (χ3v) is 4.86. The highest BCUT2D eigenvalue weighted by molar-refractivity contribution is 5.93. The summed E-state index contributed by atoms with van der Waals surface area (Å²) in [5, 5.41) is 0. The first-order chi connectivity index (χ1) is 10.7. The summed E-state index contributed by atoms with van der Waals surface area (Å²) < 4.78 is 0. The van der Waals surface area contributed by atoms with Crippen LogP contribution in [0.3, 0.4) is 0 Å². The molecule has 0 radical (unpaired) electrons. The molecule has 0 atom stereocenters. The van der Waals surface area contributed by atoms with Gasteiger partial charge in [0.1, 0.15) is 0 Å². The molecule has 0 spiro atoms. The minimum absolute atomic E-state index is 0.0814. The molecule has 1 aromatic carbocycles. The predicted octanol–water partition coefficient (Wildman–Crippen LogP) is 3.63. The van der Waals surface area contributed by atoms with Crippen molar-refractivity contribution in [1.29, 1.82) is 0 Å². The van der Waals surface area contributed by atoms with Crippen molar-refractivity contribution in [3.63, 3.8) is 0 Å². The molecule has 0 bridgehead atoms. The molecule has 2 N–H and O–H groups in total. The van der Waals surface area contributed by atoms with Crippen LogP contribution in [0.2, 0.25) is 0 Å². The van der Waals surface area contributed by atoms with Gasteiger partial charge in [0.15, 0.2) is 0 Å². The summed E-state index contributed by atoms with van der Waals surface area (Å²) >= 11 is 0. The van der Waals surface area contributed by atoms with E-state index in [4.69, 9.17) is 5.73 Å². The van der Waals surface area contributed by atoms with Crippen LogP contribution in [-0.2, 0) is 11.8 Å². The van der Waals surface area contributed by atoms with E-state index >= 15 is 0 Å². The quantitative estimate of drug-likeness (QED) is 0.936. The van der Waals surface area contributed by atoms with Gasteiger partial charge >= 0.3 is 0 Å². The van der Waals surface area contributed by atoms with Crippen LogP contribution < -0.4 is 5.73 Å². The molecule has 2 aromatic rings. The average molecular weight is 294 g/mol. The van der Waals surface area contributed by atoms with Gasteiger partial charge in [0.25, 0.3) is 5.91 Å². The number of rotatable bonds is 4. The van der Waals surface area contributed by atoms with E-state index in [-0.39, 0.29) is 11.3 Å². The highest BCUT2D eigenvalue weighted by Crippen LogP contribution is 2.42. The molecule has 0 aliphatic heterocycles. The van der Waals surface area contributed by atoms with Gasteiger partial charge in [0, 0.05) is 18.0 Å². The number of hydrogen-bond donors (Lipinski definition) is 1. The largest absolute Gasteiger partial charge is 0.366 e. The molecule has 1 aliphatic rings. The number of carbonyl (C=O) groups excluding carboxylic acids is 1. The standard InChI is InChI=1S/C19H22N2O/c20-18(22)16-10-7-13-21-17(16)14-19(11-5-2-6-12-19)15-8-3-1-4-9-15/h1,3-4,7-10,13H,2,5-6,11-12,14H2,(H2,20,22). The summed E-state index contributed by atoms with van der Waals surface area (Å²) in [6.07, 6.45) is 8.58. The zero-order chi connectivity index (χ0) is 15.4. The first-order valence-electron chi connectivity index (χ1n) is 8.00. The third-order valence-electron chi connectivity index (χ3n) is 4.86. The summed E-state index contributed by atoms with van der Waals surface area (Å²) in [4.78, 5) is 16.2. The number of primary amides is 1. The van der Waals surface area contributed by atoms with E-state index in [1.54, 1.807) is 18.3 Å². The molecule has 1 fully saturated rings. The summed E-state index contributed by atoms with van der Waals surface area (Å²) in [6.45, 7) is 0. The lowest BCUT2D eigenvalue weighted by Crippen LogP contribution is -2.33. The summed E-state index contributed by atoms with van der Waals surface area (Å²) in [5.74, 6) is -0.387. The van der Waals surface area contributed by atoms with E-state index in [1.165, 1.54) is 24.8 Å². The Morgan fingerprint density at radius 3 is 2.45 bits per heavy atom. The number of hydrogen-bond acceptors (Lipinski definition) is 2. The number of nitrogens with two attached hydrogens (primary N) is 1. The van der Waals surface area contributed by atoms with E-state index < -0.39 is 0 Å². The van der Waals surface area contributed by atoms with E-state index in [9.17, 15) is 4.79 Å². The minimum atomic E-state index is -0.387. The second-order valence-corrected chi connectivity index (χ2v) is 6.25. The van der Waals surface area contributed by atoms with Gasteiger partial charge in [-0.2, -0.15) is 0 Å². The fraction of sp³-hybridized carbons (Fsp3) is 0.368. The second kappa shape index (κ2) is 6.30. The molecular formula is C19H22N2O. The SMILES string of the molecule is NC(=O)c1cccnc1CC1(c2ccccc2)CCCCC1. The number of benzene rings is 1. The van der Waals surface area contributed by atoms with Crippen molar-refractivity contribution in [3.8, 4) is 0 Å². The molecular weight excluding hydrogens is 272 g/mol. The summed E-state index contributed by atoms with van der Waals surface area (Å²) in [7, 11) is 0. The van der Waals surface area contributed by atoms with Crippen molar-refractivity contribution in [2.45, 2.75) is 43.9 Å². The zero-order valence-corrected chi connectivity index (χ0v) is 12.8. The molecule has 1 heterocycles. The van der Waals surface area contributed by atoms with Crippen molar-refractivity contribution in [1.82, 2.24) is 4.98 Å². The second-order valence-electron chi connectivity index (χ2n) is 6.25. The molecule has 3 rings (SSSR count). The first-order valence-corrected chi connectivity index (χ1v) is 8.00. The van der Waals surface area contributed by atoms with E-state index in [1.807, 2.05) is 0 Å². The summed E-state index contributed by atoms with van der Waals surface area (Å²) in [5.41, 5.74) is 8.35. The molecule has 1 amide bonds. The maximum atomic E-state index is 11.7. The van der Waals surface area contributed by atoms with Gasteiger partial charge in [-0.1, -0.05) is 49.6 Å². The fourth-order valence-electron chi connectivity index (χ4n) is 3.71. The average Bonchev–Trinajstić information content (AvgIpc) is 2.57. The lowest BCUT2D eigenvalue weighted by atomic mass is 9.66. The highest BCUT2D eigenvalue weighted by Gasteiger charge is 2.35. The topological polar surface area (TPSA) is 56.0 Å². The van der Waals surface area contributed by atoms with E-state index in [2.05, 4.69) is 35.3 Å². The number of aromatic nitrogens is 1. The van der Waals surface area contributed by atoms with Crippen LogP contribution in [0.15, 0.2) is 48.7 Å². The maximum absolute atomic E-state index is 11.7. The Morgan fingerprint density at radius 2 is 1.77 bits per heavy atom. The Kier molecular flexibility index (Phi) is 4.23. The van der Waals surface area contributed by atoms with Crippen LogP contribution in [-0.4, -0.2) is 10.9 Å². The number of nitrogens with zero attached hydrogens (tertiary/aromatic N) is 1. The van der Waals surface area contributed by atoms with Gasteiger partial charge in [0.2, 0.25) is 0 Å². The number of carbonyl (C=O) groups is 1. The Morgan fingerprint density at radius 1 is 1.05 bits per heavy atom. The highest BCUT2D eigenvalue weighted by atomic mass is 16.1. The molecule has 1 aromatic heterocycles. The number of amides is 1. The van der Waals surface area contributed by atoms with Crippen LogP contribution in [0.25, 0.3) is 0 Å². The van der Waals surface area contributed by atoms with Gasteiger partial charge in [-0.05, 0) is 30.5 Å². The third kappa shape index (κ3) is 2.89. The Hall–Kier alpha value is -2.16. The maximum Gasteiger partial charge on any atom is 0.250 e. The normalized spacial score (nSPS) is 17.1. The lowest BCUT2D eigenvalue weighted by molar-refractivity contribution is 0.0998. The predicted molar refractivity (Wildman–Crippen MR) is 87.7 cm³/mol. The number of pyridine rings is 1. The van der Waals surface area contributed by atoms with Crippen molar-refractivity contribution >= 4 is 5.91 Å². The van der Waals surface area contributed by atoms with Crippen molar-refractivity contribution in [2.75, 3.05) is 0 Å². The van der Waals surface area contributed by atoms with Crippen LogP contribution in [0, 0.1) is 0 Å². The molecule has 0 unspecified atom stereocenters. The van der Waals surface area contributed by atoms with E-state index in [0.717, 1.165) is 25.0 Å². The van der Waals surface area contributed by atoms with Gasteiger partial charge in [-0.25, -0.2) is 0 Å². The van der Waals surface area contributed by atoms with Crippen molar-refractivity contribution in [3.05, 3.63) is 65.5 Å². The Balaban J connectivity index is 2.00. The van der Waals surface area contributed by atoms with Crippen molar-refractivity contribution < 1.29 is 4.79 Å². The fourth-order valence-corrected chi connectivity index (χ4v) is 3.71. The van der Waals surface area contributed by atoms with Gasteiger partial charge in [-0.3, -0.25) is 9.78 Å². The van der Waals surface area contributed by atoms with Crippen LogP contribution >= 0.6 is 0 Å². The molecule has 3 nitrogen and oxygen atoms in total. The zero-order valence-electron chi connectivity index (χ0n) is 12.8. The lowest BCUT2D eigenvalue weighted by Gasteiger charge is -2.38.